The summed E-state index contributed by atoms with van der Waals surface area (Å²) in [5, 5.41) is 0. The van der Waals surface area contributed by atoms with E-state index in [1.807, 2.05) is 14.0 Å². The van der Waals surface area contributed by atoms with E-state index in [2.05, 4.69) is 4.90 Å². The van der Waals surface area contributed by atoms with Gasteiger partial charge in [-0.15, -0.1) is 0 Å². The number of nitrogen functional groups attached to an aromatic ring is 1. The summed E-state index contributed by atoms with van der Waals surface area (Å²) in [6.07, 6.45) is 0. The number of nitrogens with two attached hydrogens (primary N) is 1. The van der Waals surface area contributed by atoms with Gasteiger partial charge in [-0.25, -0.2) is 8.42 Å². The third kappa shape index (κ3) is 4.33. The van der Waals surface area contributed by atoms with Crippen molar-refractivity contribution in [2.24, 2.45) is 0 Å². The first-order valence-corrected chi connectivity index (χ1v) is 8.66. The van der Waals surface area contributed by atoms with E-state index in [4.69, 9.17) is 10.5 Å². The zero-order chi connectivity index (χ0) is 15.5. The van der Waals surface area contributed by atoms with Crippen molar-refractivity contribution in [3.63, 3.8) is 0 Å². The highest BCUT2D eigenvalue weighted by atomic mass is 32.2. The molecule has 1 heterocycles. The van der Waals surface area contributed by atoms with Crippen LogP contribution in [0.5, 0.6) is 5.75 Å². The van der Waals surface area contributed by atoms with E-state index in [-0.39, 0.29) is 18.4 Å². The second-order valence-electron chi connectivity index (χ2n) is 5.46. The Morgan fingerprint density at radius 3 is 2.81 bits per heavy atom. The first-order valence-electron chi connectivity index (χ1n) is 7.05. The molecule has 1 saturated heterocycles. The van der Waals surface area contributed by atoms with Crippen molar-refractivity contribution in [3.05, 3.63) is 24.3 Å². The number of benzene rings is 1. The van der Waals surface area contributed by atoms with Crippen LogP contribution in [0, 0.1) is 0 Å². The third-order valence-electron chi connectivity index (χ3n) is 3.60. The standard InChI is InChI=1S/C14H23N3O3S/c1-12-11-16(2)6-7-17(12)21(18,19)9-8-20-14-5-3-4-13(15)10-14/h3-5,10,12H,6-9,11,15H2,1-2H3. The first-order chi connectivity index (χ1) is 9.88. The van der Waals surface area contributed by atoms with Gasteiger partial charge in [0.2, 0.25) is 10.0 Å². The molecule has 1 aromatic rings. The lowest BCUT2D eigenvalue weighted by Gasteiger charge is -2.37. The van der Waals surface area contributed by atoms with Crippen molar-refractivity contribution >= 4 is 15.7 Å². The molecule has 7 heteroatoms. The van der Waals surface area contributed by atoms with Crippen LogP contribution < -0.4 is 10.5 Å². The van der Waals surface area contributed by atoms with Crippen molar-refractivity contribution in [2.45, 2.75) is 13.0 Å². The number of ether oxygens (including phenoxy) is 1. The molecule has 0 bridgehead atoms. The quantitative estimate of drug-likeness (QED) is 0.806. The number of nitrogens with zero attached hydrogens (tertiary/aromatic N) is 2. The monoisotopic (exact) mass is 313 g/mol. The average molecular weight is 313 g/mol. The summed E-state index contributed by atoms with van der Waals surface area (Å²) in [4.78, 5) is 2.14. The minimum absolute atomic E-state index is 0.00104. The van der Waals surface area contributed by atoms with Gasteiger partial charge in [0.25, 0.3) is 0 Å². The molecule has 0 saturated carbocycles. The third-order valence-corrected chi connectivity index (χ3v) is 5.53. The van der Waals surface area contributed by atoms with Gasteiger partial charge in [0.15, 0.2) is 0 Å². The fourth-order valence-corrected chi connectivity index (χ4v) is 4.03. The van der Waals surface area contributed by atoms with Crippen molar-refractivity contribution in [1.82, 2.24) is 9.21 Å². The fraction of sp³-hybridized carbons (Fsp3) is 0.571. The van der Waals surface area contributed by atoms with E-state index in [0.29, 0.717) is 18.0 Å². The molecule has 21 heavy (non-hydrogen) atoms. The van der Waals surface area contributed by atoms with Crippen LogP contribution in [-0.4, -0.2) is 62.7 Å². The van der Waals surface area contributed by atoms with Gasteiger partial charge >= 0.3 is 0 Å². The summed E-state index contributed by atoms with van der Waals surface area (Å²) in [5.74, 6) is 0.576. The second kappa shape index (κ2) is 6.64. The van der Waals surface area contributed by atoms with Gasteiger partial charge in [0, 0.05) is 37.4 Å². The van der Waals surface area contributed by atoms with Crippen LogP contribution >= 0.6 is 0 Å². The van der Waals surface area contributed by atoms with E-state index in [1.54, 1.807) is 28.6 Å². The maximum Gasteiger partial charge on any atom is 0.217 e. The lowest BCUT2D eigenvalue weighted by atomic mass is 10.2. The average Bonchev–Trinajstić information content (AvgIpc) is 2.38. The summed E-state index contributed by atoms with van der Waals surface area (Å²) in [7, 11) is -1.28. The molecule has 2 N–H and O–H groups in total. The van der Waals surface area contributed by atoms with Crippen LogP contribution in [0.2, 0.25) is 0 Å². The van der Waals surface area contributed by atoms with Gasteiger partial charge in [-0.05, 0) is 26.1 Å². The Morgan fingerprint density at radius 2 is 2.14 bits per heavy atom. The molecule has 118 valence electrons. The van der Waals surface area contributed by atoms with Crippen molar-refractivity contribution in [2.75, 3.05) is 44.8 Å². The van der Waals surface area contributed by atoms with Gasteiger partial charge in [0.05, 0.1) is 5.75 Å². The summed E-state index contributed by atoms with van der Waals surface area (Å²) in [6, 6.07) is 6.99. The normalized spacial score (nSPS) is 21.3. The number of hydrogen-bond acceptors (Lipinski definition) is 5. The summed E-state index contributed by atoms with van der Waals surface area (Å²) in [5.41, 5.74) is 6.25. The number of rotatable bonds is 5. The molecular weight excluding hydrogens is 290 g/mol. The Labute approximate surface area is 126 Å². The minimum atomic E-state index is -3.29. The van der Waals surface area contributed by atoms with E-state index in [9.17, 15) is 8.42 Å². The van der Waals surface area contributed by atoms with Gasteiger partial charge in [-0.2, -0.15) is 4.31 Å². The van der Waals surface area contributed by atoms with Gasteiger partial charge < -0.3 is 15.4 Å². The molecule has 0 radical (unpaired) electrons. The molecule has 1 aromatic carbocycles. The number of piperazine rings is 1. The van der Waals surface area contributed by atoms with Crippen LogP contribution in [0.4, 0.5) is 5.69 Å². The highest BCUT2D eigenvalue weighted by molar-refractivity contribution is 7.89. The molecule has 0 spiro atoms. The molecule has 1 unspecified atom stereocenters. The molecule has 0 aromatic heterocycles. The molecule has 0 aliphatic carbocycles. The Bertz CT molecular complexity index is 577. The summed E-state index contributed by atoms with van der Waals surface area (Å²) < 4.78 is 31.8. The summed E-state index contributed by atoms with van der Waals surface area (Å²) >= 11 is 0. The highest BCUT2D eigenvalue weighted by Crippen LogP contribution is 2.16. The summed E-state index contributed by atoms with van der Waals surface area (Å²) in [6.45, 7) is 4.13. The SMILES string of the molecule is CC1CN(C)CCN1S(=O)(=O)CCOc1cccc(N)c1. The van der Waals surface area contributed by atoms with Gasteiger partial charge in [-0.1, -0.05) is 6.07 Å². The smallest absolute Gasteiger partial charge is 0.217 e. The highest BCUT2D eigenvalue weighted by Gasteiger charge is 2.31. The van der Waals surface area contributed by atoms with Crippen LogP contribution in [0.25, 0.3) is 0 Å². The molecule has 0 amide bonds. The lowest BCUT2D eigenvalue weighted by Crippen LogP contribution is -2.53. The van der Waals surface area contributed by atoms with Crippen molar-refractivity contribution < 1.29 is 13.2 Å². The molecule has 1 atom stereocenters. The zero-order valence-corrected chi connectivity index (χ0v) is 13.3. The van der Waals surface area contributed by atoms with Gasteiger partial charge in [-0.3, -0.25) is 0 Å². The fourth-order valence-electron chi connectivity index (χ4n) is 2.52. The number of hydrogen-bond donors (Lipinski definition) is 1. The topological polar surface area (TPSA) is 75.9 Å². The molecule has 1 aliphatic rings. The van der Waals surface area contributed by atoms with Crippen LogP contribution in [0.15, 0.2) is 24.3 Å². The van der Waals surface area contributed by atoms with Crippen LogP contribution in [-0.2, 0) is 10.0 Å². The maximum absolute atomic E-state index is 12.4. The van der Waals surface area contributed by atoms with E-state index >= 15 is 0 Å². The lowest BCUT2D eigenvalue weighted by molar-refractivity contribution is 0.169. The minimum Gasteiger partial charge on any atom is -0.492 e. The second-order valence-corrected chi connectivity index (χ2v) is 7.50. The van der Waals surface area contributed by atoms with Crippen molar-refractivity contribution in [1.29, 1.82) is 0 Å². The maximum atomic E-state index is 12.4. The van der Waals surface area contributed by atoms with E-state index in [0.717, 1.165) is 13.1 Å². The Morgan fingerprint density at radius 1 is 1.38 bits per heavy atom. The Hall–Kier alpha value is -1.31. The van der Waals surface area contributed by atoms with E-state index < -0.39 is 10.0 Å². The Balaban J connectivity index is 1.89. The predicted molar refractivity (Wildman–Crippen MR) is 83.8 cm³/mol. The molecule has 1 aliphatic heterocycles. The molecular formula is C14H23N3O3S. The molecule has 6 nitrogen and oxygen atoms in total. The zero-order valence-electron chi connectivity index (χ0n) is 12.5. The number of anilines is 1. The van der Waals surface area contributed by atoms with Gasteiger partial charge in [0.1, 0.15) is 12.4 Å². The largest absolute Gasteiger partial charge is 0.492 e. The Kier molecular flexibility index (Phi) is 5.08. The van der Waals surface area contributed by atoms with E-state index in [1.165, 1.54) is 0 Å². The first kappa shape index (κ1) is 16.1. The molecule has 1 fully saturated rings. The number of likely N-dealkylation sites (N-methyl/N-ethyl adjacent to an activating group) is 1. The van der Waals surface area contributed by atoms with Crippen LogP contribution in [0.3, 0.4) is 0 Å². The number of sulfonamides is 1. The predicted octanol–water partition coefficient (Wildman–Crippen LogP) is 0.613. The van der Waals surface area contributed by atoms with Crippen LogP contribution in [0.1, 0.15) is 6.92 Å². The van der Waals surface area contributed by atoms with Crippen molar-refractivity contribution in [3.8, 4) is 5.75 Å². The molecule has 2 rings (SSSR count).